The third kappa shape index (κ3) is 5.75. The van der Waals surface area contributed by atoms with Gasteiger partial charge in [0.15, 0.2) is 0 Å². The molecule has 5 nitrogen and oxygen atoms in total. The van der Waals surface area contributed by atoms with Crippen molar-refractivity contribution in [1.82, 2.24) is 10.6 Å². The highest BCUT2D eigenvalue weighted by Gasteiger charge is 2.20. The van der Waals surface area contributed by atoms with Crippen molar-refractivity contribution in [1.29, 1.82) is 0 Å². The van der Waals surface area contributed by atoms with E-state index in [1.54, 1.807) is 13.2 Å². The van der Waals surface area contributed by atoms with Crippen LogP contribution in [0.2, 0.25) is 0 Å². The van der Waals surface area contributed by atoms with Gasteiger partial charge in [0.05, 0.1) is 19.8 Å². The van der Waals surface area contributed by atoms with Crippen molar-refractivity contribution in [3.8, 4) is 0 Å². The van der Waals surface area contributed by atoms with Crippen LogP contribution in [-0.4, -0.2) is 39.3 Å². The minimum absolute atomic E-state index is 0. The van der Waals surface area contributed by atoms with Gasteiger partial charge in [0.25, 0.3) is 5.91 Å². The van der Waals surface area contributed by atoms with Gasteiger partial charge in [-0.05, 0) is 42.3 Å². The molecule has 7 heteroatoms. The molecule has 0 bridgehead atoms. The molecule has 1 amide bonds. The maximum Gasteiger partial charge on any atom is 0.251 e. The Bertz CT molecular complexity index is 788. The van der Waals surface area contributed by atoms with Crippen molar-refractivity contribution in [2.24, 2.45) is 0 Å². The molecule has 1 aliphatic rings. The molecule has 1 atom stereocenters. The second-order valence-corrected chi connectivity index (χ2v) is 6.52. The van der Waals surface area contributed by atoms with Gasteiger partial charge in [0, 0.05) is 30.8 Å². The van der Waals surface area contributed by atoms with Gasteiger partial charge in [-0.15, -0.1) is 12.4 Å². The van der Waals surface area contributed by atoms with Gasteiger partial charge in [-0.25, -0.2) is 4.39 Å². The van der Waals surface area contributed by atoms with Crippen molar-refractivity contribution >= 4 is 18.3 Å². The Morgan fingerprint density at radius 3 is 2.89 bits per heavy atom. The number of hydrogen-bond acceptors (Lipinski definition) is 4. The van der Waals surface area contributed by atoms with Crippen LogP contribution in [-0.2, 0) is 22.5 Å². The topological polar surface area (TPSA) is 59.6 Å². The summed E-state index contributed by atoms with van der Waals surface area (Å²) in [5.74, 6) is -0.607. The van der Waals surface area contributed by atoms with E-state index in [0.717, 1.165) is 13.0 Å². The van der Waals surface area contributed by atoms with Crippen LogP contribution in [0.3, 0.4) is 0 Å². The first-order chi connectivity index (χ1) is 13.2. The van der Waals surface area contributed by atoms with Crippen molar-refractivity contribution in [3.63, 3.8) is 0 Å². The van der Waals surface area contributed by atoms with Crippen LogP contribution in [0.5, 0.6) is 0 Å². The smallest absolute Gasteiger partial charge is 0.251 e. The fourth-order valence-corrected chi connectivity index (χ4v) is 3.22. The Hall–Kier alpha value is -1.99. The second kappa shape index (κ2) is 11.1. The number of hydrogen-bond donors (Lipinski definition) is 2. The standard InChI is InChI=1S/C21H25FN2O3.ClH/c1-26-10-11-27-14-17-12-16(6-7-19(17)22)21(25)24-13-20-18-5-3-2-4-15(18)8-9-23-20;/h2-7,12,20,23H,8-11,13-14H2,1H3,(H,24,25);1H. The highest BCUT2D eigenvalue weighted by Crippen LogP contribution is 2.22. The van der Waals surface area contributed by atoms with E-state index in [0.29, 0.717) is 30.9 Å². The number of ether oxygens (including phenoxy) is 2. The van der Waals surface area contributed by atoms with Gasteiger partial charge < -0.3 is 20.1 Å². The minimum Gasteiger partial charge on any atom is -0.382 e. The number of benzene rings is 2. The summed E-state index contributed by atoms with van der Waals surface area (Å²) in [6.45, 7) is 2.29. The molecule has 0 radical (unpaired) electrons. The fraction of sp³-hybridized carbons (Fsp3) is 0.381. The van der Waals surface area contributed by atoms with Crippen LogP contribution in [0.4, 0.5) is 4.39 Å². The van der Waals surface area contributed by atoms with Crippen molar-refractivity contribution < 1.29 is 18.7 Å². The predicted octanol–water partition coefficient (Wildman–Crippen LogP) is 3.03. The molecule has 1 heterocycles. The van der Waals surface area contributed by atoms with E-state index in [4.69, 9.17) is 9.47 Å². The molecule has 0 aromatic heterocycles. The SMILES string of the molecule is COCCOCc1cc(C(=O)NCC2NCCc3ccccc32)ccc1F.Cl. The normalized spacial score (nSPS) is 15.4. The zero-order chi connectivity index (χ0) is 19.1. The first-order valence-corrected chi connectivity index (χ1v) is 9.13. The summed E-state index contributed by atoms with van der Waals surface area (Å²) in [6.07, 6.45) is 0.991. The lowest BCUT2D eigenvalue weighted by molar-refractivity contribution is 0.0604. The van der Waals surface area contributed by atoms with E-state index in [-0.39, 0.29) is 36.8 Å². The molecular weight excluding hydrogens is 383 g/mol. The molecular formula is C21H26ClFN2O3. The first kappa shape index (κ1) is 22.3. The fourth-order valence-electron chi connectivity index (χ4n) is 3.22. The number of carbonyl (C=O) groups is 1. The molecule has 0 saturated carbocycles. The van der Waals surface area contributed by atoms with Crippen molar-refractivity contribution in [2.45, 2.75) is 19.1 Å². The molecule has 3 rings (SSSR count). The molecule has 2 aromatic carbocycles. The zero-order valence-corrected chi connectivity index (χ0v) is 16.7. The van der Waals surface area contributed by atoms with Crippen LogP contribution in [0.15, 0.2) is 42.5 Å². The first-order valence-electron chi connectivity index (χ1n) is 9.13. The lowest BCUT2D eigenvalue weighted by atomic mass is 9.94. The molecule has 1 unspecified atom stereocenters. The largest absolute Gasteiger partial charge is 0.382 e. The van der Waals surface area contributed by atoms with E-state index in [9.17, 15) is 9.18 Å². The second-order valence-electron chi connectivity index (χ2n) is 6.52. The summed E-state index contributed by atoms with van der Waals surface area (Å²) in [5, 5.41) is 6.38. The molecule has 1 aliphatic heterocycles. The molecule has 0 spiro atoms. The summed E-state index contributed by atoms with van der Waals surface area (Å²) < 4.78 is 24.2. The van der Waals surface area contributed by atoms with Crippen LogP contribution >= 0.6 is 12.4 Å². The molecule has 0 fully saturated rings. The Labute approximate surface area is 171 Å². The van der Waals surface area contributed by atoms with E-state index in [2.05, 4.69) is 22.8 Å². The predicted molar refractivity (Wildman–Crippen MR) is 108 cm³/mol. The summed E-state index contributed by atoms with van der Waals surface area (Å²) in [5.41, 5.74) is 3.31. The average molecular weight is 409 g/mol. The Morgan fingerprint density at radius 2 is 2.07 bits per heavy atom. The Morgan fingerprint density at radius 1 is 1.25 bits per heavy atom. The number of carbonyl (C=O) groups excluding carboxylic acids is 1. The highest BCUT2D eigenvalue weighted by atomic mass is 35.5. The third-order valence-electron chi connectivity index (χ3n) is 4.68. The molecule has 152 valence electrons. The highest BCUT2D eigenvalue weighted by molar-refractivity contribution is 5.94. The van der Waals surface area contributed by atoms with E-state index >= 15 is 0 Å². The van der Waals surface area contributed by atoms with Gasteiger partial charge >= 0.3 is 0 Å². The van der Waals surface area contributed by atoms with Crippen LogP contribution in [0.25, 0.3) is 0 Å². The van der Waals surface area contributed by atoms with Gasteiger partial charge in [-0.2, -0.15) is 0 Å². The monoisotopic (exact) mass is 408 g/mol. The molecule has 2 N–H and O–H groups in total. The molecule has 28 heavy (non-hydrogen) atoms. The Kier molecular flexibility index (Phi) is 8.86. The van der Waals surface area contributed by atoms with E-state index in [1.165, 1.54) is 23.3 Å². The minimum atomic E-state index is -0.383. The summed E-state index contributed by atoms with van der Waals surface area (Å²) in [6, 6.07) is 12.7. The number of fused-ring (bicyclic) bond motifs is 1. The zero-order valence-electron chi connectivity index (χ0n) is 15.9. The summed E-state index contributed by atoms with van der Waals surface area (Å²) in [4.78, 5) is 12.5. The summed E-state index contributed by atoms with van der Waals surface area (Å²) >= 11 is 0. The van der Waals surface area contributed by atoms with Gasteiger partial charge in [0.2, 0.25) is 0 Å². The number of rotatable bonds is 8. The Balaban J connectivity index is 0.00000280. The maximum atomic E-state index is 13.9. The lowest BCUT2D eigenvalue weighted by Crippen LogP contribution is -2.38. The molecule has 2 aromatic rings. The molecule has 0 saturated heterocycles. The van der Waals surface area contributed by atoms with E-state index in [1.807, 2.05) is 12.1 Å². The average Bonchev–Trinajstić information content (AvgIpc) is 2.70. The van der Waals surface area contributed by atoms with Crippen LogP contribution in [0, 0.1) is 5.82 Å². The van der Waals surface area contributed by atoms with Gasteiger partial charge in [-0.1, -0.05) is 24.3 Å². The van der Waals surface area contributed by atoms with Crippen molar-refractivity contribution in [2.75, 3.05) is 33.4 Å². The maximum absolute atomic E-state index is 13.9. The van der Waals surface area contributed by atoms with Crippen molar-refractivity contribution in [3.05, 3.63) is 70.5 Å². The van der Waals surface area contributed by atoms with Crippen LogP contribution in [0.1, 0.15) is 33.1 Å². The van der Waals surface area contributed by atoms with E-state index < -0.39 is 0 Å². The number of nitrogens with one attached hydrogen (secondary N) is 2. The van der Waals surface area contributed by atoms with Gasteiger partial charge in [-0.3, -0.25) is 4.79 Å². The number of methoxy groups -OCH3 is 1. The third-order valence-corrected chi connectivity index (χ3v) is 4.68. The number of amides is 1. The molecule has 0 aliphatic carbocycles. The lowest BCUT2D eigenvalue weighted by Gasteiger charge is -2.27. The summed E-state index contributed by atoms with van der Waals surface area (Å²) in [7, 11) is 1.58. The number of halogens is 2. The quantitative estimate of drug-likeness (QED) is 0.659. The van der Waals surface area contributed by atoms with Crippen LogP contribution < -0.4 is 10.6 Å². The van der Waals surface area contributed by atoms with Gasteiger partial charge in [0.1, 0.15) is 5.82 Å².